The highest BCUT2D eigenvalue weighted by Gasteiger charge is 2.02. The van der Waals surface area contributed by atoms with Gasteiger partial charge in [0.2, 0.25) is 0 Å². The van der Waals surface area contributed by atoms with Gasteiger partial charge in [-0.25, -0.2) is 0 Å². The Balaban J connectivity index is 2.25. The van der Waals surface area contributed by atoms with Gasteiger partial charge in [0.1, 0.15) is 0 Å². The van der Waals surface area contributed by atoms with Gasteiger partial charge in [0.05, 0.1) is 0 Å². The lowest BCUT2D eigenvalue weighted by atomic mass is 10.2. The van der Waals surface area contributed by atoms with Crippen LogP contribution in [0.2, 0.25) is 0 Å². The molecule has 0 amide bonds. The summed E-state index contributed by atoms with van der Waals surface area (Å²) in [5, 5.41) is 6.59. The quantitative estimate of drug-likeness (QED) is 0.605. The maximum Gasteiger partial charge on any atom is 0.191 e. The van der Waals surface area contributed by atoms with E-state index >= 15 is 0 Å². The maximum atomic E-state index is 4.18. The fourth-order valence-corrected chi connectivity index (χ4v) is 1.81. The van der Waals surface area contributed by atoms with E-state index < -0.39 is 0 Å². The molecule has 1 aromatic rings. The van der Waals surface area contributed by atoms with Crippen LogP contribution in [0.4, 0.5) is 0 Å². The minimum absolute atomic E-state index is 0.397. The molecular formula is C15H26N4. The normalized spacial score (nSPS) is 12.0. The van der Waals surface area contributed by atoms with Crippen LogP contribution in [0.3, 0.4) is 0 Å². The van der Waals surface area contributed by atoms with E-state index in [4.69, 9.17) is 0 Å². The molecule has 0 saturated carbocycles. The van der Waals surface area contributed by atoms with Crippen LogP contribution in [-0.4, -0.2) is 44.1 Å². The second-order valence-electron chi connectivity index (χ2n) is 5.02. The van der Waals surface area contributed by atoms with Crippen molar-refractivity contribution >= 4 is 5.96 Å². The fourth-order valence-electron chi connectivity index (χ4n) is 1.81. The molecule has 0 heterocycles. The van der Waals surface area contributed by atoms with Crippen LogP contribution >= 0.6 is 0 Å². The van der Waals surface area contributed by atoms with Gasteiger partial charge in [-0.3, -0.25) is 4.99 Å². The third-order valence-electron chi connectivity index (χ3n) is 2.73. The van der Waals surface area contributed by atoms with Crippen molar-refractivity contribution in [1.29, 1.82) is 0 Å². The first-order valence-electron chi connectivity index (χ1n) is 6.81. The summed E-state index contributed by atoms with van der Waals surface area (Å²) < 4.78 is 0. The summed E-state index contributed by atoms with van der Waals surface area (Å²) in [5.41, 5.74) is 1.34. The zero-order valence-electron chi connectivity index (χ0n) is 12.5. The van der Waals surface area contributed by atoms with Crippen molar-refractivity contribution in [2.75, 3.05) is 27.2 Å². The highest BCUT2D eigenvalue weighted by molar-refractivity contribution is 5.79. The van der Waals surface area contributed by atoms with Crippen LogP contribution < -0.4 is 10.6 Å². The Labute approximate surface area is 116 Å². The molecule has 1 aromatic carbocycles. The number of hydrogen-bond acceptors (Lipinski definition) is 2. The number of guanidine groups is 1. The Morgan fingerprint density at radius 3 is 2.53 bits per heavy atom. The molecule has 0 fully saturated rings. The van der Waals surface area contributed by atoms with E-state index in [0.717, 1.165) is 25.6 Å². The van der Waals surface area contributed by atoms with Crippen molar-refractivity contribution in [3.63, 3.8) is 0 Å². The number of benzene rings is 1. The lowest BCUT2D eigenvalue weighted by Crippen LogP contribution is -2.43. The Kier molecular flexibility index (Phi) is 6.97. The van der Waals surface area contributed by atoms with E-state index in [1.54, 1.807) is 7.05 Å². The second-order valence-corrected chi connectivity index (χ2v) is 5.02. The van der Waals surface area contributed by atoms with Gasteiger partial charge in [0, 0.05) is 32.7 Å². The van der Waals surface area contributed by atoms with Crippen molar-refractivity contribution in [3.8, 4) is 0 Å². The molecule has 19 heavy (non-hydrogen) atoms. The SMILES string of the molecule is CN=C(NCCN(C)Cc1ccccc1)NC(C)C. The molecule has 0 unspecified atom stereocenters. The highest BCUT2D eigenvalue weighted by Crippen LogP contribution is 2.01. The number of aliphatic imine (C=N–C) groups is 1. The van der Waals surface area contributed by atoms with E-state index in [1.165, 1.54) is 5.56 Å². The number of likely N-dealkylation sites (N-methyl/N-ethyl adjacent to an activating group) is 1. The van der Waals surface area contributed by atoms with Crippen molar-refractivity contribution in [2.24, 2.45) is 4.99 Å². The minimum atomic E-state index is 0.397. The molecule has 0 aromatic heterocycles. The number of hydrogen-bond donors (Lipinski definition) is 2. The van der Waals surface area contributed by atoms with Gasteiger partial charge in [-0.15, -0.1) is 0 Å². The van der Waals surface area contributed by atoms with Crippen LogP contribution in [0.5, 0.6) is 0 Å². The molecule has 0 radical (unpaired) electrons. The number of rotatable bonds is 6. The summed E-state index contributed by atoms with van der Waals surface area (Å²) in [6.45, 7) is 7.05. The Morgan fingerprint density at radius 2 is 1.95 bits per heavy atom. The third kappa shape index (κ3) is 6.82. The highest BCUT2D eigenvalue weighted by atomic mass is 15.2. The van der Waals surface area contributed by atoms with Crippen molar-refractivity contribution in [1.82, 2.24) is 15.5 Å². The first-order chi connectivity index (χ1) is 9.11. The summed E-state index contributed by atoms with van der Waals surface area (Å²) >= 11 is 0. The predicted molar refractivity (Wildman–Crippen MR) is 82.4 cm³/mol. The van der Waals surface area contributed by atoms with Crippen LogP contribution in [0, 0.1) is 0 Å². The van der Waals surface area contributed by atoms with E-state index in [9.17, 15) is 0 Å². The van der Waals surface area contributed by atoms with Crippen LogP contribution in [0.25, 0.3) is 0 Å². The van der Waals surface area contributed by atoms with E-state index in [1.807, 2.05) is 6.07 Å². The molecule has 0 atom stereocenters. The lowest BCUT2D eigenvalue weighted by Gasteiger charge is -2.19. The number of nitrogens with one attached hydrogen (secondary N) is 2. The molecular weight excluding hydrogens is 236 g/mol. The largest absolute Gasteiger partial charge is 0.355 e. The third-order valence-corrected chi connectivity index (χ3v) is 2.73. The molecule has 0 aliphatic carbocycles. The maximum absolute atomic E-state index is 4.18. The Bertz CT molecular complexity index is 373. The second kappa shape index (κ2) is 8.53. The average Bonchev–Trinajstić information content (AvgIpc) is 2.38. The summed E-state index contributed by atoms with van der Waals surface area (Å²) in [5.74, 6) is 0.864. The molecule has 0 saturated heterocycles. The van der Waals surface area contributed by atoms with Crippen LogP contribution in [0.1, 0.15) is 19.4 Å². The molecule has 1 rings (SSSR count). The average molecular weight is 262 g/mol. The van der Waals surface area contributed by atoms with Gasteiger partial charge in [-0.1, -0.05) is 30.3 Å². The monoisotopic (exact) mass is 262 g/mol. The van der Waals surface area contributed by atoms with E-state index in [0.29, 0.717) is 6.04 Å². The van der Waals surface area contributed by atoms with Gasteiger partial charge < -0.3 is 15.5 Å². The van der Waals surface area contributed by atoms with Gasteiger partial charge in [0.15, 0.2) is 5.96 Å². The molecule has 0 bridgehead atoms. The minimum Gasteiger partial charge on any atom is -0.355 e. The molecule has 2 N–H and O–H groups in total. The van der Waals surface area contributed by atoms with Gasteiger partial charge in [0.25, 0.3) is 0 Å². The number of nitrogens with zero attached hydrogens (tertiary/aromatic N) is 2. The van der Waals surface area contributed by atoms with Gasteiger partial charge >= 0.3 is 0 Å². The lowest BCUT2D eigenvalue weighted by molar-refractivity contribution is 0.331. The predicted octanol–water partition coefficient (Wildman–Crippen LogP) is 1.69. The molecule has 4 heteroatoms. The zero-order chi connectivity index (χ0) is 14.1. The van der Waals surface area contributed by atoms with Crippen LogP contribution in [0.15, 0.2) is 35.3 Å². The summed E-state index contributed by atoms with van der Waals surface area (Å²) in [7, 11) is 3.93. The molecule has 106 valence electrons. The Morgan fingerprint density at radius 1 is 1.26 bits per heavy atom. The molecule has 0 spiro atoms. The smallest absolute Gasteiger partial charge is 0.191 e. The first kappa shape index (κ1) is 15.5. The standard InChI is InChI=1S/C15H26N4/c1-13(2)18-15(16-3)17-10-11-19(4)12-14-8-6-5-7-9-14/h5-9,13H,10-12H2,1-4H3,(H2,16,17,18). The van der Waals surface area contributed by atoms with Crippen molar-refractivity contribution in [3.05, 3.63) is 35.9 Å². The van der Waals surface area contributed by atoms with Crippen LogP contribution in [-0.2, 0) is 6.54 Å². The Hall–Kier alpha value is -1.55. The molecule has 0 aliphatic heterocycles. The van der Waals surface area contributed by atoms with Gasteiger partial charge in [-0.05, 0) is 26.5 Å². The fraction of sp³-hybridized carbons (Fsp3) is 0.533. The summed E-state index contributed by atoms with van der Waals surface area (Å²) in [6.07, 6.45) is 0. The zero-order valence-corrected chi connectivity index (χ0v) is 12.5. The molecule has 4 nitrogen and oxygen atoms in total. The van der Waals surface area contributed by atoms with Gasteiger partial charge in [-0.2, -0.15) is 0 Å². The van der Waals surface area contributed by atoms with E-state index in [-0.39, 0.29) is 0 Å². The molecule has 0 aliphatic rings. The van der Waals surface area contributed by atoms with Crippen molar-refractivity contribution in [2.45, 2.75) is 26.4 Å². The summed E-state index contributed by atoms with van der Waals surface area (Å²) in [6, 6.07) is 10.9. The summed E-state index contributed by atoms with van der Waals surface area (Å²) in [4.78, 5) is 6.48. The first-order valence-corrected chi connectivity index (χ1v) is 6.81. The van der Waals surface area contributed by atoms with E-state index in [2.05, 4.69) is 65.7 Å². The topological polar surface area (TPSA) is 39.7 Å². The van der Waals surface area contributed by atoms with Crippen molar-refractivity contribution < 1.29 is 0 Å².